The topological polar surface area (TPSA) is 81.8 Å². The van der Waals surface area contributed by atoms with Crippen LogP contribution in [0.1, 0.15) is 43.0 Å². The SMILES string of the molecule is CN1NC(C2CCC(Nc3ccc(C#N)cc3)CC2)c2c3ccnc-3ncn21. The van der Waals surface area contributed by atoms with Crippen molar-refractivity contribution < 1.29 is 0 Å². The van der Waals surface area contributed by atoms with Crippen molar-refractivity contribution in [3.63, 3.8) is 0 Å². The molecule has 0 aromatic heterocycles. The van der Waals surface area contributed by atoms with Crippen LogP contribution in [0, 0.1) is 17.2 Å². The Labute approximate surface area is 164 Å². The molecule has 1 atom stereocenters. The van der Waals surface area contributed by atoms with Crippen LogP contribution in [0.15, 0.2) is 42.9 Å². The van der Waals surface area contributed by atoms with E-state index < -0.39 is 0 Å². The lowest BCUT2D eigenvalue weighted by molar-refractivity contribution is 0.269. The Morgan fingerprint density at radius 1 is 1.11 bits per heavy atom. The fourth-order valence-corrected chi connectivity index (χ4v) is 4.60. The van der Waals surface area contributed by atoms with E-state index in [4.69, 9.17) is 5.26 Å². The highest BCUT2D eigenvalue weighted by Crippen LogP contribution is 2.41. The number of hydrogen-bond donors (Lipinski definition) is 2. The van der Waals surface area contributed by atoms with Gasteiger partial charge in [0, 0.05) is 30.5 Å². The molecule has 5 rings (SSSR count). The smallest absolute Gasteiger partial charge is 0.162 e. The molecule has 0 bridgehead atoms. The number of anilines is 1. The lowest BCUT2D eigenvalue weighted by Gasteiger charge is -2.33. The van der Waals surface area contributed by atoms with Crippen LogP contribution in [0.25, 0.3) is 11.4 Å². The van der Waals surface area contributed by atoms with Crippen molar-refractivity contribution in [2.45, 2.75) is 37.8 Å². The highest BCUT2D eigenvalue weighted by molar-refractivity contribution is 5.61. The summed E-state index contributed by atoms with van der Waals surface area (Å²) in [6, 6.07) is 12.7. The van der Waals surface area contributed by atoms with E-state index in [0.29, 0.717) is 17.5 Å². The average molecular weight is 373 g/mol. The van der Waals surface area contributed by atoms with E-state index in [-0.39, 0.29) is 6.04 Å². The van der Waals surface area contributed by atoms with Crippen molar-refractivity contribution in [3.8, 4) is 17.5 Å². The Hall–Kier alpha value is -3.11. The Balaban J connectivity index is 1.28. The molecule has 0 radical (unpaired) electrons. The molecule has 3 heterocycles. The minimum Gasteiger partial charge on any atom is -0.382 e. The van der Waals surface area contributed by atoms with Gasteiger partial charge in [-0.25, -0.2) is 25.2 Å². The van der Waals surface area contributed by atoms with Gasteiger partial charge in [-0.2, -0.15) is 5.26 Å². The van der Waals surface area contributed by atoms with Crippen LogP contribution < -0.4 is 15.9 Å². The molecule has 7 nitrogen and oxygen atoms in total. The number of nitrogens with zero attached hydrogens (tertiary/aromatic N) is 5. The number of nitriles is 1. The molecule has 1 aromatic rings. The van der Waals surface area contributed by atoms with Crippen molar-refractivity contribution >= 4 is 5.69 Å². The fourth-order valence-electron chi connectivity index (χ4n) is 4.60. The highest BCUT2D eigenvalue weighted by Gasteiger charge is 2.37. The summed E-state index contributed by atoms with van der Waals surface area (Å²) in [5.74, 6) is 1.40. The van der Waals surface area contributed by atoms with Crippen molar-refractivity contribution in [1.29, 1.82) is 5.26 Å². The molecule has 1 unspecified atom stereocenters. The van der Waals surface area contributed by atoms with Gasteiger partial charge in [0.2, 0.25) is 0 Å². The number of nitrogens with one attached hydrogen (secondary N) is 2. The summed E-state index contributed by atoms with van der Waals surface area (Å²) >= 11 is 0. The monoisotopic (exact) mass is 373 g/mol. The van der Waals surface area contributed by atoms with Crippen molar-refractivity contribution in [3.05, 3.63) is 54.1 Å². The molecular weight excluding hydrogens is 350 g/mol. The van der Waals surface area contributed by atoms with E-state index in [0.717, 1.165) is 42.8 Å². The quantitative estimate of drug-likeness (QED) is 0.734. The maximum Gasteiger partial charge on any atom is 0.162 e. The molecule has 0 saturated heterocycles. The number of fused-ring (bicyclic) bond motifs is 3. The second-order valence-corrected chi connectivity index (χ2v) is 7.73. The number of aromatic nitrogens is 3. The summed E-state index contributed by atoms with van der Waals surface area (Å²) in [5, 5.41) is 14.6. The van der Waals surface area contributed by atoms with Gasteiger partial charge in [0.15, 0.2) is 5.82 Å². The zero-order chi connectivity index (χ0) is 19.1. The fraction of sp³-hybridized carbons (Fsp3) is 0.381. The molecular formula is C21H23N7. The van der Waals surface area contributed by atoms with E-state index in [2.05, 4.69) is 37.5 Å². The predicted molar refractivity (Wildman–Crippen MR) is 107 cm³/mol. The summed E-state index contributed by atoms with van der Waals surface area (Å²) in [6.45, 7) is 0. The first-order valence-corrected chi connectivity index (χ1v) is 9.82. The van der Waals surface area contributed by atoms with Gasteiger partial charge in [0.1, 0.15) is 6.33 Å². The molecule has 1 aliphatic carbocycles. The maximum absolute atomic E-state index is 8.93. The van der Waals surface area contributed by atoms with Crippen LogP contribution in [0.3, 0.4) is 0 Å². The van der Waals surface area contributed by atoms with E-state index in [1.54, 1.807) is 0 Å². The number of rotatable bonds is 3. The Kier molecular flexibility index (Phi) is 4.14. The third-order valence-electron chi connectivity index (χ3n) is 6.06. The van der Waals surface area contributed by atoms with Crippen LogP contribution in [0.5, 0.6) is 0 Å². The molecule has 1 fully saturated rings. The number of hydrogen-bond acceptors (Lipinski definition) is 6. The zero-order valence-electron chi connectivity index (χ0n) is 15.8. The highest BCUT2D eigenvalue weighted by atomic mass is 15.8. The van der Waals surface area contributed by atoms with Gasteiger partial charge < -0.3 is 5.32 Å². The van der Waals surface area contributed by atoms with Crippen molar-refractivity contribution in [2.24, 2.45) is 5.92 Å². The largest absolute Gasteiger partial charge is 0.382 e. The molecule has 142 valence electrons. The maximum atomic E-state index is 8.93. The van der Waals surface area contributed by atoms with Gasteiger partial charge in [-0.1, -0.05) is 0 Å². The average Bonchev–Trinajstić information content (AvgIpc) is 3.33. The molecule has 28 heavy (non-hydrogen) atoms. The Bertz CT molecular complexity index is 979. The summed E-state index contributed by atoms with van der Waals surface area (Å²) in [5.41, 5.74) is 7.83. The minimum absolute atomic E-state index is 0.288. The van der Waals surface area contributed by atoms with Gasteiger partial charge in [0.25, 0.3) is 0 Å². The molecule has 1 aromatic carbocycles. The Morgan fingerprint density at radius 3 is 2.64 bits per heavy atom. The Morgan fingerprint density at radius 2 is 1.89 bits per heavy atom. The summed E-state index contributed by atoms with van der Waals surface area (Å²) in [6.07, 6.45) is 8.30. The van der Waals surface area contributed by atoms with Crippen molar-refractivity contribution in [2.75, 3.05) is 17.5 Å². The summed E-state index contributed by atoms with van der Waals surface area (Å²) in [7, 11) is 2.03. The second kappa shape index (κ2) is 6.80. The lowest BCUT2D eigenvalue weighted by Crippen LogP contribution is -2.39. The first-order chi connectivity index (χ1) is 13.7. The standard InChI is InChI=1S/C21H23N7/c1-27-26-19(20-18-10-11-23-21(18)24-13-28(20)27)15-4-8-17(9-5-15)25-16-6-2-14(12-22)3-7-16/h2-3,6-7,10-11,13,15,17,19,25-26H,4-5,8-9H2,1H3. The molecule has 7 heteroatoms. The van der Waals surface area contributed by atoms with Crippen LogP contribution in [0.2, 0.25) is 0 Å². The van der Waals surface area contributed by atoms with Gasteiger partial charge in [-0.05, 0) is 61.9 Å². The zero-order valence-corrected chi connectivity index (χ0v) is 15.8. The first-order valence-electron chi connectivity index (χ1n) is 9.82. The molecule has 4 aliphatic rings. The van der Waals surface area contributed by atoms with Gasteiger partial charge >= 0.3 is 0 Å². The van der Waals surface area contributed by atoms with Crippen molar-refractivity contribution in [1.82, 2.24) is 20.1 Å². The third kappa shape index (κ3) is 2.86. The van der Waals surface area contributed by atoms with Crippen LogP contribution in [-0.2, 0) is 0 Å². The third-order valence-corrected chi connectivity index (χ3v) is 6.06. The minimum atomic E-state index is 0.288. The summed E-state index contributed by atoms with van der Waals surface area (Å²) in [4.78, 5) is 8.83. The number of benzene rings is 1. The lowest BCUT2D eigenvalue weighted by atomic mass is 9.80. The van der Waals surface area contributed by atoms with Crippen LogP contribution >= 0.6 is 0 Å². The molecule has 2 N–H and O–H groups in total. The summed E-state index contributed by atoms with van der Waals surface area (Å²) < 4.78 is 2.11. The second-order valence-electron chi connectivity index (χ2n) is 7.73. The molecule has 0 spiro atoms. The van der Waals surface area contributed by atoms with Crippen LogP contribution in [0.4, 0.5) is 5.69 Å². The van der Waals surface area contributed by atoms with Gasteiger partial charge in [-0.15, -0.1) is 0 Å². The molecule has 0 amide bonds. The normalized spacial score (nSPS) is 24.1. The van der Waals surface area contributed by atoms with E-state index in [1.165, 1.54) is 5.69 Å². The van der Waals surface area contributed by atoms with Crippen LogP contribution in [-0.4, -0.2) is 27.7 Å². The van der Waals surface area contributed by atoms with E-state index in [1.807, 2.05) is 49.0 Å². The predicted octanol–water partition coefficient (Wildman–Crippen LogP) is 3.05. The van der Waals surface area contributed by atoms with Gasteiger partial charge in [0.05, 0.1) is 23.4 Å². The molecule has 1 saturated carbocycles. The van der Waals surface area contributed by atoms with E-state index in [9.17, 15) is 0 Å². The number of hydrazine groups is 1. The first kappa shape index (κ1) is 17.0. The molecule has 3 aliphatic heterocycles. The van der Waals surface area contributed by atoms with E-state index >= 15 is 0 Å². The van der Waals surface area contributed by atoms with Gasteiger partial charge in [-0.3, -0.25) is 0 Å².